The van der Waals surface area contributed by atoms with Gasteiger partial charge < -0.3 is 19.9 Å². The molecule has 2 fully saturated rings. The molecule has 1 aliphatic carbocycles. The Hall–Kier alpha value is -0.650. The molecule has 1 saturated carbocycles. The van der Waals surface area contributed by atoms with Crippen LogP contribution in [0.4, 0.5) is 0 Å². The van der Waals surface area contributed by atoms with E-state index in [0.29, 0.717) is 26.0 Å². The van der Waals surface area contributed by atoms with Crippen LogP contribution < -0.4 is 5.32 Å². The number of nitrogens with one attached hydrogen (secondary N) is 1. The third-order valence-corrected chi connectivity index (χ3v) is 4.39. The van der Waals surface area contributed by atoms with Crippen LogP contribution in [0, 0.1) is 5.92 Å². The van der Waals surface area contributed by atoms with Gasteiger partial charge in [-0.1, -0.05) is 6.92 Å². The van der Waals surface area contributed by atoms with Crippen LogP contribution in [0.5, 0.6) is 0 Å². The van der Waals surface area contributed by atoms with Crippen molar-refractivity contribution in [2.24, 2.45) is 5.92 Å². The molecule has 116 valence electrons. The lowest BCUT2D eigenvalue weighted by molar-refractivity contribution is -0.147. The van der Waals surface area contributed by atoms with Crippen LogP contribution in [-0.4, -0.2) is 48.6 Å². The van der Waals surface area contributed by atoms with E-state index < -0.39 is 5.60 Å². The van der Waals surface area contributed by atoms with Crippen molar-refractivity contribution >= 4 is 5.91 Å². The minimum atomic E-state index is -0.785. The van der Waals surface area contributed by atoms with Crippen LogP contribution in [0.25, 0.3) is 0 Å². The third-order valence-electron chi connectivity index (χ3n) is 4.39. The molecule has 1 amide bonds. The lowest BCUT2D eigenvalue weighted by Gasteiger charge is -2.43. The fourth-order valence-electron chi connectivity index (χ4n) is 3.21. The summed E-state index contributed by atoms with van der Waals surface area (Å²) in [6.07, 6.45) is 4.06. The Morgan fingerprint density at radius 1 is 1.45 bits per heavy atom. The second-order valence-electron chi connectivity index (χ2n) is 5.99. The summed E-state index contributed by atoms with van der Waals surface area (Å²) in [5, 5.41) is 13.1. The van der Waals surface area contributed by atoms with Crippen molar-refractivity contribution in [3.8, 4) is 0 Å². The number of amides is 1. The molecule has 0 unspecified atom stereocenters. The van der Waals surface area contributed by atoms with Gasteiger partial charge in [0.1, 0.15) is 0 Å². The molecule has 2 N–H and O–H groups in total. The number of rotatable bonds is 6. The maximum absolute atomic E-state index is 12.2. The van der Waals surface area contributed by atoms with Crippen molar-refractivity contribution in [1.29, 1.82) is 0 Å². The molecule has 0 radical (unpaired) electrons. The van der Waals surface area contributed by atoms with E-state index in [0.717, 1.165) is 25.9 Å². The van der Waals surface area contributed by atoms with Crippen LogP contribution in [0.1, 0.15) is 46.0 Å². The van der Waals surface area contributed by atoms with Gasteiger partial charge in [0, 0.05) is 32.6 Å². The first kappa shape index (κ1) is 15.7. The highest BCUT2D eigenvalue weighted by Crippen LogP contribution is 2.34. The molecule has 2 atom stereocenters. The van der Waals surface area contributed by atoms with Crippen LogP contribution in [0.3, 0.4) is 0 Å². The number of aliphatic hydroxyl groups is 1. The molecule has 1 aliphatic heterocycles. The average Bonchev–Trinajstić information content (AvgIpc) is 2.43. The fourth-order valence-corrected chi connectivity index (χ4v) is 3.21. The summed E-state index contributed by atoms with van der Waals surface area (Å²) >= 11 is 0. The van der Waals surface area contributed by atoms with Crippen molar-refractivity contribution in [2.75, 3.05) is 19.8 Å². The second kappa shape index (κ2) is 6.87. The predicted octanol–water partition coefficient (Wildman–Crippen LogP) is 1.24. The van der Waals surface area contributed by atoms with Crippen LogP contribution in [0.15, 0.2) is 0 Å². The molecule has 5 heteroatoms. The number of carbonyl (C=O) groups is 1. The predicted molar refractivity (Wildman–Crippen MR) is 75.4 cm³/mol. The summed E-state index contributed by atoms with van der Waals surface area (Å²) in [5.41, 5.74) is -0.785. The quantitative estimate of drug-likeness (QED) is 0.770. The normalized spacial score (nSPS) is 37.2. The Morgan fingerprint density at radius 3 is 2.85 bits per heavy atom. The summed E-state index contributed by atoms with van der Waals surface area (Å²) in [7, 11) is 0. The number of ether oxygens (including phenoxy) is 2. The summed E-state index contributed by atoms with van der Waals surface area (Å²) in [6, 6.07) is 0. The highest BCUT2D eigenvalue weighted by Gasteiger charge is 2.44. The van der Waals surface area contributed by atoms with Crippen molar-refractivity contribution in [3.05, 3.63) is 0 Å². The summed E-state index contributed by atoms with van der Waals surface area (Å²) in [5.74, 6) is -0.0510. The third kappa shape index (κ3) is 3.71. The SMILES string of the molecule is CCOC1CC(O)(CNC(=O)[C@H]2CCCO[C@H]2CC)C1. The molecule has 0 aromatic rings. The maximum Gasteiger partial charge on any atom is 0.225 e. The Kier molecular flexibility index (Phi) is 5.41. The van der Waals surface area contributed by atoms with E-state index in [4.69, 9.17) is 9.47 Å². The zero-order valence-electron chi connectivity index (χ0n) is 12.6. The number of hydrogen-bond acceptors (Lipinski definition) is 4. The maximum atomic E-state index is 12.2. The van der Waals surface area contributed by atoms with Crippen molar-refractivity contribution in [3.63, 3.8) is 0 Å². The Bertz CT molecular complexity index is 328. The van der Waals surface area contributed by atoms with Gasteiger partial charge in [0.05, 0.1) is 23.7 Å². The zero-order valence-corrected chi connectivity index (χ0v) is 12.6. The second-order valence-corrected chi connectivity index (χ2v) is 5.99. The van der Waals surface area contributed by atoms with E-state index in [1.54, 1.807) is 0 Å². The monoisotopic (exact) mass is 285 g/mol. The molecular formula is C15H27NO4. The first-order valence-electron chi connectivity index (χ1n) is 7.81. The molecular weight excluding hydrogens is 258 g/mol. The molecule has 20 heavy (non-hydrogen) atoms. The van der Waals surface area contributed by atoms with Crippen molar-refractivity contribution in [1.82, 2.24) is 5.32 Å². The summed E-state index contributed by atoms with van der Waals surface area (Å²) in [4.78, 5) is 12.2. The van der Waals surface area contributed by atoms with E-state index in [1.165, 1.54) is 0 Å². The minimum Gasteiger partial charge on any atom is -0.388 e. The van der Waals surface area contributed by atoms with E-state index in [1.807, 2.05) is 13.8 Å². The average molecular weight is 285 g/mol. The lowest BCUT2D eigenvalue weighted by atomic mass is 9.77. The van der Waals surface area contributed by atoms with Crippen molar-refractivity contribution < 1.29 is 19.4 Å². The molecule has 1 heterocycles. The largest absolute Gasteiger partial charge is 0.388 e. The van der Waals surface area contributed by atoms with Gasteiger partial charge in [0.25, 0.3) is 0 Å². The Labute approximate surface area is 121 Å². The van der Waals surface area contributed by atoms with E-state index in [-0.39, 0.29) is 24.0 Å². The van der Waals surface area contributed by atoms with Crippen LogP contribution in [0.2, 0.25) is 0 Å². The van der Waals surface area contributed by atoms with Gasteiger partial charge in [-0.15, -0.1) is 0 Å². The fraction of sp³-hybridized carbons (Fsp3) is 0.933. The van der Waals surface area contributed by atoms with Gasteiger partial charge in [-0.2, -0.15) is 0 Å². The molecule has 0 bridgehead atoms. The number of hydrogen-bond donors (Lipinski definition) is 2. The summed E-state index contributed by atoms with van der Waals surface area (Å²) in [6.45, 7) is 5.74. The topological polar surface area (TPSA) is 67.8 Å². The number of carbonyl (C=O) groups excluding carboxylic acids is 1. The van der Waals surface area contributed by atoms with Gasteiger partial charge >= 0.3 is 0 Å². The van der Waals surface area contributed by atoms with Crippen molar-refractivity contribution in [2.45, 2.75) is 63.8 Å². The van der Waals surface area contributed by atoms with Crippen LogP contribution in [-0.2, 0) is 14.3 Å². The zero-order chi connectivity index (χ0) is 14.6. The molecule has 5 nitrogen and oxygen atoms in total. The standard InChI is InChI=1S/C15H27NO4/c1-3-13-12(6-5-7-20-13)14(17)16-10-15(18)8-11(9-15)19-4-2/h11-13,18H,3-10H2,1-2H3,(H,16,17)/t11?,12-,13-,15?/m0/s1. The Morgan fingerprint density at radius 2 is 2.20 bits per heavy atom. The minimum absolute atomic E-state index is 0.0184. The molecule has 0 spiro atoms. The van der Waals surface area contributed by atoms with E-state index in [9.17, 15) is 9.90 Å². The van der Waals surface area contributed by atoms with Gasteiger partial charge in [-0.3, -0.25) is 4.79 Å². The van der Waals surface area contributed by atoms with Gasteiger partial charge in [-0.05, 0) is 26.2 Å². The molecule has 2 aliphatic rings. The van der Waals surface area contributed by atoms with Crippen LogP contribution >= 0.6 is 0 Å². The highest BCUT2D eigenvalue weighted by atomic mass is 16.5. The first-order chi connectivity index (χ1) is 9.58. The summed E-state index contributed by atoms with van der Waals surface area (Å²) < 4.78 is 11.1. The lowest BCUT2D eigenvalue weighted by Crippen LogP contribution is -2.56. The highest BCUT2D eigenvalue weighted by molar-refractivity contribution is 5.79. The van der Waals surface area contributed by atoms with E-state index >= 15 is 0 Å². The molecule has 2 rings (SSSR count). The van der Waals surface area contributed by atoms with Gasteiger partial charge in [0.2, 0.25) is 5.91 Å². The van der Waals surface area contributed by atoms with Gasteiger partial charge in [0.15, 0.2) is 0 Å². The first-order valence-corrected chi connectivity index (χ1v) is 7.81. The molecule has 0 aromatic carbocycles. The Balaban J connectivity index is 1.75. The van der Waals surface area contributed by atoms with Gasteiger partial charge in [-0.25, -0.2) is 0 Å². The molecule has 1 saturated heterocycles. The van der Waals surface area contributed by atoms with E-state index in [2.05, 4.69) is 5.32 Å². The molecule has 0 aromatic heterocycles. The smallest absolute Gasteiger partial charge is 0.225 e.